The summed E-state index contributed by atoms with van der Waals surface area (Å²) in [7, 11) is 0. The van der Waals surface area contributed by atoms with E-state index in [9.17, 15) is 9.90 Å². The second-order valence-corrected chi connectivity index (χ2v) is 5.97. The molecule has 0 spiro atoms. The highest BCUT2D eigenvalue weighted by atomic mass is 16.3. The van der Waals surface area contributed by atoms with Crippen LogP contribution in [0.4, 0.5) is 0 Å². The lowest BCUT2D eigenvalue weighted by atomic mass is 9.97. The fraction of sp³-hybridized carbons (Fsp3) is 0.588. The first kappa shape index (κ1) is 16.0. The molecule has 1 aromatic rings. The van der Waals surface area contributed by atoms with E-state index in [1.807, 2.05) is 37.3 Å². The number of nitrogens with one attached hydrogen (secondary N) is 1. The molecule has 1 heterocycles. The predicted molar refractivity (Wildman–Crippen MR) is 83.8 cm³/mol. The molecule has 4 heteroatoms. The van der Waals surface area contributed by atoms with Crippen molar-refractivity contribution in [3.8, 4) is 0 Å². The van der Waals surface area contributed by atoms with Gasteiger partial charge in [-0.2, -0.15) is 0 Å². The maximum Gasteiger partial charge on any atom is 0.234 e. The van der Waals surface area contributed by atoms with Crippen LogP contribution in [0.25, 0.3) is 0 Å². The minimum absolute atomic E-state index is 0.0661. The number of rotatable bonds is 6. The first-order valence-electron chi connectivity index (χ1n) is 7.88. The number of carbonyl (C=O) groups is 1. The van der Waals surface area contributed by atoms with Crippen LogP contribution in [0.2, 0.25) is 0 Å². The second kappa shape index (κ2) is 8.15. The Bertz CT molecular complexity index is 434. The van der Waals surface area contributed by atoms with Crippen LogP contribution >= 0.6 is 0 Å². The monoisotopic (exact) mass is 290 g/mol. The van der Waals surface area contributed by atoms with Gasteiger partial charge in [-0.3, -0.25) is 9.69 Å². The van der Waals surface area contributed by atoms with Crippen LogP contribution in [0, 0.1) is 0 Å². The predicted octanol–water partition coefficient (Wildman–Crippen LogP) is 1.93. The summed E-state index contributed by atoms with van der Waals surface area (Å²) in [6, 6.07) is 10.3. The molecule has 2 rings (SSSR count). The van der Waals surface area contributed by atoms with Crippen molar-refractivity contribution >= 4 is 5.91 Å². The number of amides is 1. The van der Waals surface area contributed by atoms with E-state index >= 15 is 0 Å². The summed E-state index contributed by atoms with van der Waals surface area (Å²) in [4.78, 5) is 14.3. The van der Waals surface area contributed by atoms with Crippen LogP contribution in [-0.2, 0) is 11.3 Å². The third kappa shape index (κ3) is 5.48. The van der Waals surface area contributed by atoms with Crippen molar-refractivity contribution in [1.82, 2.24) is 10.2 Å². The van der Waals surface area contributed by atoms with Crippen molar-refractivity contribution in [2.45, 2.75) is 51.3 Å². The van der Waals surface area contributed by atoms with E-state index in [4.69, 9.17) is 0 Å². The molecule has 0 bridgehead atoms. The van der Waals surface area contributed by atoms with Crippen molar-refractivity contribution in [3.63, 3.8) is 0 Å². The molecule has 4 nitrogen and oxygen atoms in total. The fourth-order valence-corrected chi connectivity index (χ4v) is 2.97. The van der Waals surface area contributed by atoms with Crippen LogP contribution < -0.4 is 5.32 Å². The van der Waals surface area contributed by atoms with Crippen LogP contribution in [0.15, 0.2) is 30.3 Å². The molecule has 1 aliphatic heterocycles. The molecule has 1 fully saturated rings. The highest BCUT2D eigenvalue weighted by molar-refractivity contribution is 5.78. The number of aliphatic hydroxyl groups excluding tert-OH is 1. The standard InChI is InChI=1S/C17H26N2O2/c1-14(20)11-16-9-5-6-10-19(16)13-17(21)18-12-15-7-3-2-4-8-15/h2-4,7-8,14,16,20H,5-6,9-13H2,1H3,(H,18,21). The zero-order valence-electron chi connectivity index (χ0n) is 12.8. The summed E-state index contributed by atoms with van der Waals surface area (Å²) in [5, 5.41) is 12.6. The molecule has 1 aliphatic rings. The van der Waals surface area contributed by atoms with Gasteiger partial charge in [0.05, 0.1) is 12.6 Å². The fourth-order valence-electron chi connectivity index (χ4n) is 2.97. The van der Waals surface area contributed by atoms with Crippen molar-refractivity contribution in [2.75, 3.05) is 13.1 Å². The first-order chi connectivity index (χ1) is 10.1. The Hall–Kier alpha value is -1.39. The molecule has 0 radical (unpaired) electrons. The minimum atomic E-state index is -0.303. The molecular weight excluding hydrogens is 264 g/mol. The maximum absolute atomic E-state index is 12.1. The van der Waals surface area contributed by atoms with E-state index < -0.39 is 0 Å². The second-order valence-electron chi connectivity index (χ2n) is 5.97. The molecular formula is C17H26N2O2. The molecule has 116 valence electrons. The van der Waals surface area contributed by atoms with E-state index in [0.717, 1.165) is 31.4 Å². The molecule has 2 N–H and O–H groups in total. The summed E-state index contributed by atoms with van der Waals surface area (Å²) >= 11 is 0. The summed E-state index contributed by atoms with van der Waals surface area (Å²) in [6.07, 6.45) is 3.87. The molecule has 1 saturated heterocycles. The lowest BCUT2D eigenvalue weighted by Crippen LogP contribution is -2.46. The number of hydrogen-bond donors (Lipinski definition) is 2. The minimum Gasteiger partial charge on any atom is -0.393 e. The first-order valence-corrected chi connectivity index (χ1v) is 7.88. The molecule has 0 aromatic heterocycles. The summed E-state index contributed by atoms with van der Waals surface area (Å²) in [6.45, 7) is 3.79. The molecule has 2 unspecified atom stereocenters. The van der Waals surface area contributed by atoms with E-state index in [0.29, 0.717) is 19.1 Å². The van der Waals surface area contributed by atoms with Gasteiger partial charge in [-0.1, -0.05) is 36.8 Å². The number of piperidine rings is 1. The van der Waals surface area contributed by atoms with E-state index in [2.05, 4.69) is 10.2 Å². The lowest BCUT2D eigenvalue weighted by molar-refractivity contribution is -0.123. The van der Waals surface area contributed by atoms with Gasteiger partial charge in [-0.25, -0.2) is 0 Å². The molecule has 0 aliphatic carbocycles. The van der Waals surface area contributed by atoms with Gasteiger partial charge in [0.15, 0.2) is 0 Å². The number of likely N-dealkylation sites (tertiary alicyclic amines) is 1. The Labute approximate surface area is 127 Å². The topological polar surface area (TPSA) is 52.6 Å². The summed E-state index contributed by atoms with van der Waals surface area (Å²) in [5.41, 5.74) is 1.12. The van der Waals surface area contributed by atoms with Gasteiger partial charge >= 0.3 is 0 Å². The lowest BCUT2D eigenvalue weighted by Gasteiger charge is -2.35. The number of nitrogens with zero attached hydrogens (tertiary/aromatic N) is 1. The van der Waals surface area contributed by atoms with Gasteiger partial charge in [0.25, 0.3) is 0 Å². The summed E-state index contributed by atoms with van der Waals surface area (Å²) in [5.74, 6) is 0.0661. The van der Waals surface area contributed by atoms with E-state index in [1.165, 1.54) is 6.42 Å². The van der Waals surface area contributed by atoms with Crippen LogP contribution in [0.5, 0.6) is 0 Å². The number of carbonyl (C=O) groups excluding carboxylic acids is 1. The third-order valence-corrected chi connectivity index (χ3v) is 4.04. The van der Waals surface area contributed by atoms with Gasteiger partial charge in [-0.15, -0.1) is 0 Å². The van der Waals surface area contributed by atoms with E-state index in [1.54, 1.807) is 0 Å². The molecule has 21 heavy (non-hydrogen) atoms. The van der Waals surface area contributed by atoms with Gasteiger partial charge in [0.1, 0.15) is 0 Å². The highest BCUT2D eigenvalue weighted by Gasteiger charge is 2.25. The Morgan fingerprint density at radius 3 is 2.86 bits per heavy atom. The van der Waals surface area contributed by atoms with Crippen LogP contribution in [-0.4, -0.2) is 41.1 Å². The average Bonchev–Trinajstić information content (AvgIpc) is 2.48. The van der Waals surface area contributed by atoms with Crippen LogP contribution in [0.1, 0.15) is 38.2 Å². The SMILES string of the molecule is CC(O)CC1CCCCN1CC(=O)NCc1ccccc1. The van der Waals surface area contributed by atoms with Crippen molar-refractivity contribution in [3.05, 3.63) is 35.9 Å². The van der Waals surface area contributed by atoms with Crippen LogP contribution in [0.3, 0.4) is 0 Å². The number of benzene rings is 1. The smallest absolute Gasteiger partial charge is 0.234 e. The summed E-state index contributed by atoms with van der Waals surface area (Å²) < 4.78 is 0. The molecule has 1 amide bonds. The van der Waals surface area contributed by atoms with Gasteiger partial charge in [0.2, 0.25) is 5.91 Å². The molecule has 1 aromatic carbocycles. The molecule has 0 saturated carbocycles. The van der Waals surface area contributed by atoms with Gasteiger partial charge in [-0.05, 0) is 38.3 Å². The van der Waals surface area contributed by atoms with Crippen molar-refractivity contribution in [2.24, 2.45) is 0 Å². The Balaban J connectivity index is 1.80. The average molecular weight is 290 g/mol. The Morgan fingerprint density at radius 1 is 1.38 bits per heavy atom. The Kier molecular flexibility index (Phi) is 6.21. The zero-order valence-corrected chi connectivity index (χ0v) is 12.8. The largest absolute Gasteiger partial charge is 0.393 e. The number of aliphatic hydroxyl groups is 1. The van der Waals surface area contributed by atoms with E-state index in [-0.39, 0.29) is 12.0 Å². The molecule has 2 atom stereocenters. The van der Waals surface area contributed by atoms with Gasteiger partial charge < -0.3 is 10.4 Å². The third-order valence-electron chi connectivity index (χ3n) is 4.04. The van der Waals surface area contributed by atoms with Gasteiger partial charge in [0, 0.05) is 12.6 Å². The zero-order chi connectivity index (χ0) is 15.1. The quantitative estimate of drug-likeness (QED) is 0.842. The highest BCUT2D eigenvalue weighted by Crippen LogP contribution is 2.20. The normalized spacial score (nSPS) is 21.0. The maximum atomic E-state index is 12.1. The van der Waals surface area contributed by atoms with Crippen molar-refractivity contribution < 1.29 is 9.90 Å². The number of hydrogen-bond acceptors (Lipinski definition) is 3. The van der Waals surface area contributed by atoms with Crippen molar-refractivity contribution in [1.29, 1.82) is 0 Å². The Morgan fingerprint density at radius 2 is 2.14 bits per heavy atom.